The Labute approximate surface area is 173 Å². The van der Waals surface area contributed by atoms with Gasteiger partial charge in [-0.2, -0.15) is 0 Å². The van der Waals surface area contributed by atoms with Crippen LogP contribution in [0.2, 0.25) is 0 Å². The summed E-state index contributed by atoms with van der Waals surface area (Å²) in [5, 5.41) is 3.49. The lowest BCUT2D eigenvalue weighted by atomic mass is 9.85. The molecule has 0 radical (unpaired) electrons. The molecule has 3 rings (SSSR count). The number of hydrogen-bond acceptors (Lipinski definition) is 6. The maximum absolute atomic E-state index is 12.7. The average Bonchev–Trinajstić information content (AvgIpc) is 3.52. The number of allylic oxidation sites excluding steroid dienone is 1. The second-order valence-corrected chi connectivity index (χ2v) is 7.56. The molecule has 160 valence electrons. The number of carbonyl (C=O) groups excluding carboxylic acids is 1. The van der Waals surface area contributed by atoms with Crippen molar-refractivity contribution in [1.82, 2.24) is 5.32 Å². The topological polar surface area (TPSA) is 66.0 Å². The lowest BCUT2D eigenvalue weighted by Gasteiger charge is -2.32. The molecule has 6 nitrogen and oxygen atoms in total. The Morgan fingerprint density at radius 1 is 1.03 bits per heavy atom. The van der Waals surface area contributed by atoms with E-state index >= 15 is 0 Å². The maximum Gasteiger partial charge on any atom is 0.190 e. The minimum atomic E-state index is -0.00185. The monoisotopic (exact) mass is 403 g/mol. The quantitative estimate of drug-likeness (QED) is 0.541. The first kappa shape index (κ1) is 21.7. The van der Waals surface area contributed by atoms with Gasteiger partial charge in [0.25, 0.3) is 0 Å². The third-order valence-electron chi connectivity index (χ3n) is 5.66. The summed E-state index contributed by atoms with van der Waals surface area (Å²) in [4.78, 5) is 12.7. The molecule has 4 unspecified atom stereocenters. The van der Waals surface area contributed by atoms with Crippen molar-refractivity contribution >= 4 is 5.78 Å². The Hall–Kier alpha value is -2.05. The highest BCUT2D eigenvalue weighted by atomic mass is 16.5. The van der Waals surface area contributed by atoms with Gasteiger partial charge >= 0.3 is 0 Å². The number of rotatable bonds is 12. The fourth-order valence-corrected chi connectivity index (χ4v) is 4.09. The summed E-state index contributed by atoms with van der Waals surface area (Å²) in [5.41, 5.74) is 1.31. The zero-order valence-electron chi connectivity index (χ0n) is 17.7. The van der Waals surface area contributed by atoms with Crippen LogP contribution in [0.25, 0.3) is 0 Å². The largest absolute Gasteiger partial charge is 0.494 e. The molecule has 29 heavy (non-hydrogen) atoms. The van der Waals surface area contributed by atoms with Gasteiger partial charge in [-0.1, -0.05) is 19.1 Å². The summed E-state index contributed by atoms with van der Waals surface area (Å²) in [7, 11) is 1.64. The minimum absolute atomic E-state index is 0.00185. The van der Waals surface area contributed by atoms with Gasteiger partial charge in [-0.15, -0.1) is 0 Å². The van der Waals surface area contributed by atoms with Gasteiger partial charge in [-0.25, -0.2) is 0 Å². The Morgan fingerprint density at radius 2 is 1.79 bits per heavy atom. The number of benzene rings is 1. The molecular weight excluding hydrogens is 370 g/mol. The van der Waals surface area contributed by atoms with Crippen LogP contribution < -0.4 is 10.1 Å². The summed E-state index contributed by atoms with van der Waals surface area (Å²) in [6.45, 7) is 6.72. The van der Waals surface area contributed by atoms with Gasteiger partial charge in [0.05, 0.1) is 26.4 Å². The van der Waals surface area contributed by atoms with Gasteiger partial charge in [0.1, 0.15) is 12.4 Å². The van der Waals surface area contributed by atoms with Crippen LogP contribution in [0.5, 0.6) is 5.75 Å². The summed E-state index contributed by atoms with van der Waals surface area (Å²) < 4.78 is 21.7. The normalized spacial score (nSPS) is 25.9. The molecule has 1 aliphatic heterocycles. The van der Waals surface area contributed by atoms with Gasteiger partial charge in [0.2, 0.25) is 0 Å². The van der Waals surface area contributed by atoms with Crippen LogP contribution in [0, 0.1) is 11.8 Å². The molecule has 2 aliphatic rings. The van der Waals surface area contributed by atoms with Gasteiger partial charge in [-0.05, 0) is 49.3 Å². The second kappa shape index (κ2) is 10.6. The number of ketones is 1. The van der Waals surface area contributed by atoms with Crippen molar-refractivity contribution in [3.05, 3.63) is 41.8 Å². The summed E-state index contributed by atoms with van der Waals surface area (Å²) >= 11 is 0. The highest BCUT2D eigenvalue weighted by Gasteiger charge is 2.49. The Balaban J connectivity index is 1.55. The molecule has 1 aliphatic carbocycles. The summed E-state index contributed by atoms with van der Waals surface area (Å²) in [6, 6.07) is 8.46. The van der Waals surface area contributed by atoms with Crippen LogP contribution in [-0.4, -0.2) is 52.0 Å². The number of methoxy groups -OCH3 is 1. The van der Waals surface area contributed by atoms with E-state index in [1.54, 1.807) is 13.2 Å². The third-order valence-corrected chi connectivity index (χ3v) is 5.66. The van der Waals surface area contributed by atoms with Gasteiger partial charge in [-0.3, -0.25) is 4.79 Å². The van der Waals surface area contributed by atoms with Gasteiger partial charge in [0, 0.05) is 25.1 Å². The summed E-state index contributed by atoms with van der Waals surface area (Å²) in [5.74, 6) is 2.53. The smallest absolute Gasteiger partial charge is 0.190 e. The van der Waals surface area contributed by atoms with E-state index in [-0.39, 0.29) is 17.7 Å². The van der Waals surface area contributed by atoms with E-state index in [9.17, 15) is 4.79 Å². The summed E-state index contributed by atoms with van der Waals surface area (Å²) in [6.07, 6.45) is 3.52. The lowest BCUT2D eigenvalue weighted by Crippen LogP contribution is -2.45. The molecular formula is C23H33NO5. The number of hydrogen-bond donors (Lipinski definition) is 1. The van der Waals surface area contributed by atoms with E-state index in [4.69, 9.17) is 18.9 Å². The fraction of sp³-hybridized carbons (Fsp3) is 0.609. The maximum atomic E-state index is 12.7. The van der Waals surface area contributed by atoms with E-state index in [2.05, 4.69) is 24.4 Å². The predicted octanol–water partition coefficient (Wildman–Crippen LogP) is 3.28. The molecule has 0 spiro atoms. The number of nitrogens with one attached hydrogen (secondary N) is 1. The molecule has 0 saturated heterocycles. The molecule has 0 aromatic heterocycles. The molecule has 1 heterocycles. The molecule has 0 bridgehead atoms. The van der Waals surface area contributed by atoms with Crippen molar-refractivity contribution in [3.8, 4) is 5.75 Å². The third kappa shape index (κ3) is 5.73. The molecule has 1 N–H and O–H groups in total. The van der Waals surface area contributed by atoms with E-state index in [0.717, 1.165) is 18.6 Å². The molecule has 1 fully saturated rings. The SMILES string of the molecule is CCOc1ccc(C2CC2C2NC(OCCOCCOC)=CC(=O)C2CC)cc1. The molecule has 6 heteroatoms. The van der Waals surface area contributed by atoms with E-state index in [0.29, 0.717) is 50.8 Å². The first-order valence-corrected chi connectivity index (χ1v) is 10.6. The highest BCUT2D eigenvalue weighted by molar-refractivity contribution is 5.93. The second-order valence-electron chi connectivity index (χ2n) is 7.56. The van der Waals surface area contributed by atoms with Crippen LogP contribution in [0.3, 0.4) is 0 Å². The molecule has 1 aromatic rings. The van der Waals surface area contributed by atoms with E-state index in [1.165, 1.54) is 5.56 Å². The zero-order valence-corrected chi connectivity index (χ0v) is 17.7. The molecule has 0 amide bonds. The number of ether oxygens (including phenoxy) is 4. The van der Waals surface area contributed by atoms with Crippen LogP contribution in [0.15, 0.2) is 36.2 Å². The average molecular weight is 404 g/mol. The van der Waals surface area contributed by atoms with E-state index < -0.39 is 0 Å². The Kier molecular flexibility index (Phi) is 7.95. The first-order chi connectivity index (χ1) is 14.2. The van der Waals surface area contributed by atoms with Crippen molar-refractivity contribution in [2.24, 2.45) is 11.8 Å². The lowest BCUT2D eigenvalue weighted by molar-refractivity contribution is -0.120. The van der Waals surface area contributed by atoms with Gasteiger partial charge in [0.15, 0.2) is 11.7 Å². The van der Waals surface area contributed by atoms with Crippen LogP contribution in [0.1, 0.15) is 38.2 Å². The van der Waals surface area contributed by atoms with Crippen molar-refractivity contribution in [1.29, 1.82) is 0 Å². The fourth-order valence-electron chi connectivity index (χ4n) is 4.09. The predicted molar refractivity (Wildman–Crippen MR) is 111 cm³/mol. The van der Waals surface area contributed by atoms with Crippen molar-refractivity contribution < 1.29 is 23.7 Å². The zero-order chi connectivity index (χ0) is 20.6. The van der Waals surface area contributed by atoms with Crippen molar-refractivity contribution in [2.45, 2.75) is 38.6 Å². The van der Waals surface area contributed by atoms with E-state index in [1.807, 2.05) is 19.1 Å². The minimum Gasteiger partial charge on any atom is -0.494 e. The highest BCUT2D eigenvalue weighted by Crippen LogP contribution is 2.52. The Bertz CT molecular complexity index is 687. The Morgan fingerprint density at radius 3 is 2.48 bits per heavy atom. The van der Waals surface area contributed by atoms with Crippen molar-refractivity contribution in [2.75, 3.05) is 40.1 Å². The van der Waals surface area contributed by atoms with Crippen LogP contribution in [0.4, 0.5) is 0 Å². The first-order valence-electron chi connectivity index (χ1n) is 10.6. The van der Waals surface area contributed by atoms with Crippen LogP contribution >= 0.6 is 0 Å². The molecule has 4 atom stereocenters. The van der Waals surface area contributed by atoms with Gasteiger partial charge < -0.3 is 24.3 Å². The van der Waals surface area contributed by atoms with Crippen molar-refractivity contribution in [3.63, 3.8) is 0 Å². The van der Waals surface area contributed by atoms with Crippen LogP contribution in [-0.2, 0) is 19.0 Å². The molecule has 1 aromatic carbocycles. The number of carbonyl (C=O) groups is 1. The molecule has 1 saturated carbocycles. The standard InChI is InChI=1S/C23H33NO5/c1-4-18-21(25)15-22(29-13-12-27-11-10-26-3)24-23(18)20-14-19(20)16-6-8-17(9-7-16)28-5-2/h6-9,15,18-20,23-24H,4-5,10-14H2,1-3H3.